The first-order valence-corrected chi connectivity index (χ1v) is 8.70. The Balaban J connectivity index is 1.47. The number of aromatic nitrogens is 2. The van der Waals surface area contributed by atoms with Gasteiger partial charge in [0, 0.05) is 30.3 Å². The molecule has 1 N–H and O–H groups in total. The fourth-order valence-electron chi connectivity index (χ4n) is 2.89. The van der Waals surface area contributed by atoms with Gasteiger partial charge in [-0.1, -0.05) is 0 Å². The first-order chi connectivity index (χ1) is 12.1. The van der Waals surface area contributed by atoms with Crippen LogP contribution < -0.4 is 5.32 Å². The number of rotatable bonds is 6. The Hall–Kier alpha value is -2.18. The van der Waals surface area contributed by atoms with Gasteiger partial charge in [-0.3, -0.25) is 4.79 Å². The topological polar surface area (TPSA) is 65.4 Å². The molecule has 1 fully saturated rings. The Morgan fingerprint density at radius 2 is 2.00 bits per heavy atom. The van der Waals surface area contributed by atoms with Gasteiger partial charge in [0.15, 0.2) is 0 Å². The van der Waals surface area contributed by atoms with E-state index in [0.717, 1.165) is 48.8 Å². The summed E-state index contributed by atoms with van der Waals surface area (Å²) in [5.74, 6) is 0.372. The summed E-state index contributed by atoms with van der Waals surface area (Å²) in [4.78, 5) is 16.3. The van der Waals surface area contributed by atoms with Crippen LogP contribution in [0.2, 0.25) is 0 Å². The summed E-state index contributed by atoms with van der Waals surface area (Å²) >= 11 is 0. The molecule has 6 heteroatoms. The minimum atomic E-state index is -0.130. The maximum atomic E-state index is 12.0. The molecule has 0 saturated carbocycles. The van der Waals surface area contributed by atoms with Crippen molar-refractivity contribution in [3.8, 4) is 5.69 Å². The van der Waals surface area contributed by atoms with Gasteiger partial charge in [-0.25, -0.2) is 4.98 Å². The largest absolute Gasteiger partial charge is 0.381 e. The van der Waals surface area contributed by atoms with Gasteiger partial charge in [-0.05, 0) is 56.9 Å². The van der Waals surface area contributed by atoms with E-state index in [-0.39, 0.29) is 12.5 Å². The Morgan fingerprint density at radius 1 is 1.28 bits per heavy atom. The molecule has 1 amide bonds. The number of nitrogens with zero attached hydrogens (tertiary/aromatic N) is 2. The smallest absolute Gasteiger partial charge is 0.250 e. The number of aryl methyl sites for hydroxylation is 1. The summed E-state index contributed by atoms with van der Waals surface area (Å²) in [6.45, 7) is 6.31. The number of hydrogen-bond acceptors (Lipinski definition) is 4. The minimum absolute atomic E-state index is 0.0823. The van der Waals surface area contributed by atoms with E-state index in [4.69, 9.17) is 9.47 Å². The van der Waals surface area contributed by atoms with Crippen molar-refractivity contribution in [1.29, 1.82) is 0 Å². The minimum Gasteiger partial charge on any atom is -0.381 e. The molecule has 2 aromatic rings. The number of anilines is 1. The molecule has 1 aliphatic heterocycles. The van der Waals surface area contributed by atoms with Crippen molar-refractivity contribution in [2.45, 2.75) is 26.7 Å². The van der Waals surface area contributed by atoms with E-state index in [9.17, 15) is 4.79 Å². The summed E-state index contributed by atoms with van der Waals surface area (Å²) in [5.41, 5.74) is 3.90. The Labute approximate surface area is 148 Å². The lowest BCUT2D eigenvalue weighted by Gasteiger charge is -2.21. The second-order valence-electron chi connectivity index (χ2n) is 6.45. The van der Waals surface area contributed by atoms with Crippen LogP contribution in [0.5, 0.6) is 0 Å². The third kappa shape index (κ3) is 4.67. The highest BCUT2D eigenvalue weighted by Gasteiger charge is 2.14. The summed E-state index contributed by atoms with van der Waals surface area (Å²) in [6, 6.07) is 7.71. The van der Waals surface area contributed by atoms with Crippen LogP contribution in [0.1, 0.15) is 24.2 Å². The SMILES string of the molecule is Cc1ncn(-c2ccc(NC(=O)COCC3CCOCC3)cc2)c1C. The van der Waals surface area contributed by atoms with Crippen molar-refractivity contribution in [2.75, 3.05) is 31.7 Å². The molecule has 0 unspecified atom stereocenters. The van der Waals surface area contributed by atoms with Crippen LogP contribution in [-0.4, -0.2) is 41.9 Å². The molecule has 3 rings (SSSR count). The van der Waals surface area contributed by atoms with Crippen molar-refractivity contribution < 1.29 is 14.3 Å². The summed E-state index contributed by atoms with van der Waals surface area (Å²) in [7, 11) is 0. The average Bonchev–Trinajstić information content (AvgIpc) is 2.96. The first kappa shape index (κ1) is 17.6. The number of nitrogens with one attached hydrogen (secondary N) is 1. The van der Waals surface area contributed by atoms with Crippen molar-refractivity contribution in [3.63, 3.8) is 0 Å². The second-order valence-corrected chi connectivity index (χ2v) is 6.45. The standard InChI is InChI=1S/C19H25N3O3/c1-14-15(2)22(13-20-14)18-5-3-17(4-6-18)21-19(23)12-25-11-16-7-9-24-10-8-16/h3-6,13,16H,7-12H2,1-2H3,(H,21,23). The van der Waals surface area contributed by atoms with Gasteiger partial charge in [0.2, 0.25) is 5.91 Å². The third-order valence-electron chi connectivity index (χ3n) is 4.61. The number of amides is 1. The highest BCUT2D eigenvalue weighted by atomic mass is 16.5. The lowest BCUT2D eigenvalue weighted by atomic mass is 10.0. The fourth-order valence-corrected chi connectivity index (χ4v) is 2.89. The molecule has 1 aliphatic rings. The van der Waals surface area contributed by atoms with Crippen LogP contribution in [0, 0.1) is 19.8 Å². The molecule has 6 nitrogen and oxygen atoms in total. The van der Waals surface area contributed by atoms with E-state index in [2.05, 4.69) is 10.3 Å². The molecule has 0 atom stereocenters. The van der Waals surface area contributed by atoms with E-state index in [1.165, 1.54) is 0 Å². The van der Waals surface area contributed by atoms with E-state index < -0.39 is 0 Å². The maximum Gasteiger partial charge on any atom is 0.250 e. The number of carbonyl (C=O) groups excluding carboxylic acids is 1. The van der Waals surface area contributed by atoms with Gasteiger partial charge in [0.05, 0.1) is 18.6 Å². The molecular weight excluding hydrogens is 318 g/mol. The quantitative estimate of drug-likeness (QED) is 0.876. The lowest BCUT2D eigenvalue weighted by Crippen LogP contribution is -2.24. The zero-order valence-corrected chi connectivity index (χ0v) is 14.8. The molecule has 25 heavy (non-hydrogen) atoms. The van der Waals surface area contributed by atoms with Gasteiger partial charge in [0.1, 0.15) is 6.61 Å². The number of imidazole rings is 1. The van der Waals surface area contributed by atoms with Crippen molar-refractivity contribution >= 4 is 11.6 Å². The van der Waals surface area contributed by atoms with Crippen molar-refractivity contribution in [3.05, 3.63) is 42.0 Å². The molecule has 0 aliphatic carbocycles. The molecule has 0 spiro atoms. The van der Waals surface area contributed by atoms with E-state index in [1.807, 2.05) is 49.0 Å². The first-order valence-electron chi connectivity index (χ1n) is 8.70. The normalized spacial score (nSPS) is 15.3. The van der Waals surface area contributed by atoms with Crippen molar-refractivity contribution in [2.24, 2.45) is 5.92 Å². The maximum absolute atomic E-state index is 12.0. The molecule has 0 bridgehead atoms. The Morgan fingerprint density at radius 3 is 2.64 bits per heavy atom. The molecule has 1 saturated heterocycles. The van der Waals surface area contributed by atoms with Crippen LogP contribution in [0.15, 0.2) is 30.6 Å². The average molecular weight is 343 g/mol. The van der Waals surface area contributed by atoms with E-state index in [1.54, 1.807) is 0 Å². The molecule has 0 radical (unpaired) electrons. The van der Waals surface area contributed by atoms with Gasteiger partial charge < -0.3 is 19.4 Å². The zero-order valence-electron chi connectivity index (χ0n) is 14.8. The van der Waals surface area contributed by atoms with Gasteiger partial charge >= 0.3 is 0 Å². The van der Waals surface area contributed by atoms with Gasteiger partial charge in [0.25, 0.3) is 0 Å². The summed E-state index contributed by atoms with van der Waals surface area (Å²) in [5, 5.41) is 2.86. The van der Waals surface area contributed by atoms with Crippen LogP contribution in [0.4, 0.5) is 5.69 Å². The highest BCUT2D eigenvalue weighted by molar-refractivity contribution is 5.91. The molecule has 1 aromatic heterocycles. The highest BCUT2D eigenvalue weighted by Crippen LogP contribution is 2.17. The van der Waals surface area contributed by atoms with Crippen LogP contribution in [0.3, 0.4) is 0 Å². The summed E-state index contributed by atoms with van der Waals surface area (Å²) < 4.78 is 12.9. The molecular formula is C19H25N3O3. The number of carbonyl (C=O) groups is 1. The van der Waals surface area contributed by atoms with Crippen LogP contribution >= 0.6 is 0 Å². The lowest BCUT2D eigenvalue weighted by molar-refractivity contribution is -0.121. The number of ether oxygens (including phenoxy) is 2. The third-order valence-corrected chi connectivity index (χ3v) is 4.61. The number of hydrogen-bond donors (Lipinski definition) is 1. The monoisotopic (exact) mass is 343 g/mol. The van der Waals surface area contributed by atoms with E-state index in [0.29, 0.717) is 12.5 Å². The number of benzene rings is 1. The van der Waals surface area contributed by atoms with E-state index >= 15 is 0 Å². The molecule has 2 heterocycles. The predicted molar refractivity (Wildman–Crippen MR) is 96.0 cm³/mol. The van der Waals surface area contributed by atoms with Crippen LogP contribution in [0.25, 0.3) is 5.69 Å². The Kier molecular flexibility index (Phi) is 5.83. The Bertz CT molecular complexity index is 703. The van der Waals surface area contributed by atoms with Gasteiger partial charge in [-0.15, -0.1) is 0 Å². The summed E-state index contributed by atoms with van der Waals surface area (Å²) in [6.07, 6.45) is 3.83. The van der Waals surface area contributed by atoms with Gasteiger partial charge in [-0.2, -0.15) is 0 Å². The fraction of sp³-hybridized carbons (Fsp3) is 0.474. The van der Waals surface area contributed by atoms with Crippen molar-refractivity contribution in [1.82, 2.24) is 9.55 Å². The second kappa shape index (κ2) is 8.27. The zero-order chi connectivity index (χ0) is 17.6. The van der Waals surface area contributed by atoms with Crippen LogP contribution in [-0.2, 0) is 14.3 Å². The molecule has 1 aromatic carbocycles. The molecule has 134 valence electrons. The predicted octanol–water partition coefficient (Wildman–Crippen LogP) is 2.87.